The summed E-state index contributed by atoms with van der Waals surface area (Å²) >= 11 is 0. The average Bonchev–Trinajstić information content (AvgIpc) is 2.88. The van der Waals surface area contributed by atoms with E-state index >= 15 is 0 Å². The van der Waals surface area contributed by atoms with Gasteiger partial charge >= 0.3 is 0 Å². The maximum Gasteiger partial charge on any atom is 0.246 e. The number of amides is 2. The van der Waals surface area contributed by atoms with Gasteiger partial charge in [-0.1, -0.05) is 56.3 Å². The van der Waals surface area contributed by atoms with Gasteiger partial charge in [0.05, 0.1) is 0 Å². The lowest BCUT2D eigenvalue weighted by molar-refractivity contribution is -0.162. The van der Waals surface area contributed by atoms with E-state index in [9.17, 15) is 9.59 Å². The quantitative estimate of drug-likeness (QED) is 0.803. The van der Waals surface area contributed by atoms with Crippen molar-refractivity contribution in [3.63, 3.8) is 0 Å². The largest absolute Gasteiger partial charge is 0.325 e. The summed E-state index contributed by atoms with van der Waals surface area (Å²) in [6.07, 6.45) is 0.598. The van der Waals surface area contributed by atoms with Crippen LogP contribution in [0.3, 0.4) is 0 Å². The van der Waals surface area contributed by atoms with Crippen LogP contribution in [0.4, 0.5) is 0 Å². The molecule has 2 heterocycles. The fourth-order valence-electron chi connectivity index (χ4n) is 3.48. The average molecular weight is 298 g/mol. The maximum absolute atomic E-state index is 12.9. The zero-order valence-electron chi connectivity index (χ0n) is 13.2. The molecule has 1 aromatic rings. The molecule has 116 valence electrons. The number of piperazine rings is 1. The van der Waals surface area contributed by atoms with Crippen LogP contribution in [0.15, 0.2) is 42.5 Å². The van der Waals surface area contributed by atoms with Crippen molar-refractivity contribution in [2.45, 2.75) is 38.9 Å². The molecule has 4 heteroatoms. The Morgan fingerprint density at radius 1 is 1.18 bits per heavy atom. The second kappa shape index (κ2) is 5.59. The molecule has 0 N–H and O–H groups in total. The smallest absolute Gasteiger partial charge is 0.246 e. The van der Waals surface area contributed by atoms with Crippen LogP contribution in [0.1, 0.15) is 25.8 Å². The van der Waals surface area contributed by atoms with E-state index in [4.69, 9.17) is 0 Å². The van der Waals surface area contributed by atoms with Crippen molar-refractivity contribution in [2.24, 2.45) is 5.92 Å². The van der Waals surface area contributed by atoms with Crippen molar-refractivity contribution in [1.29, 1.82) is 0 Å². The molecule has 0 unspecified atom stereocenters. The van der Waals surface area contributed by atoms with E-state index in [-0.39, 0.29) is 29.8 Å². The van der Waals surface area contributed by atoms with Crippen LogP contribution < -0.4 is 0 Å². The van der Waals surface area contributed by atoms with Gasteiger partial charge in [-0.25, -0.2) is 0 Å². The first-order valence-corrected chi connectivity index (χ1v) is 7.80. The van der Waals surface area contributed by atoms with Gasteiger partial charge in [0.2, 0.25) is 11.8 Å². The molecule has 2 aliphatic rings. The Morgan fingerprint density at radius 3 is 2.50 bits per heavy atom. The monoisotopic (exact) mass is 298 g/mol. The Kier molecular flexibility index (Phi) is 3.77. The summed E-state index contributed by atoms with van der Waals surface area (Å²) in [6.45, 7) is 8.98. The third-order valence-electron chi connectivity index (χ3n) is 4.52. The second-order valence-corrected chi connectivity index (χ2v) is 6.58. The zero-order valence-corrected chi connectivity index (χ0v) is 13.2. The highest BCUT2D eigenvalue weighted by Crippen LogP contribution is 2.32. The molecule has 0 spiro atoms. The van der Waals surface area contributed by atoms with E-state index in [0.29, 0.717) is 19.5 Å². The van der Waals surface area contributed by atoms with Gasteiger partial charge in [0.15, 0.2) is 0 Å². The molecule has 2 aliphatic heterocycles. The lowest BCUT2D eigenvalue weighted by Crippen LogP contribution is -2.63. The van der Waals surface area contributed by atoms with Crippen LogP contribution in [0.5, 0.6) is 0 Å². The molecule has 2 amide bonds. The molecule has 22 heavy (non-hydrogen) atoms. The topological polar surface area (TPSA) is 40.6 Å². The molecule has 2 fully saturated rings. The van der Waals surface area contributed by atoms with E-state index in [1.165, 1.54) is 0 Å². The summed E-state index contributed by atoms with van der Waals surface area (Å²) in [5, 5.41) is 0. The zero-order chi connectivity index (χ0) is 15.9. The van der Waals surface area contributed by atoms with Gasteiger partial charge in [0, 0.05) is 13.1 Å². The highest BCUT2D eigenvalue weighted by Gasteiger charge is 2.49. The van der Waals surface area contributed by atoms with Crippen molar-refractivity contribution in [3.05, 3.63) is 48.0 Å². The van der Waals surface area contributed by atoms with Crippen molar-refractivity contribution in [1.82, 2.24) is 9.80 Å². The fourth-order valence-corrected chi connectivity index (χ4v) is 3.48. The van der Waals surface area contributed by atoms with E-state index in [1.807, 2.05) is 44.2 Å². The minimum Gasteiger partial charge on any atom is -0.325 e. The lowest BCUT2D eigenvalue weighted by Gasteiger charge is -2.43. The Labute approximate surface area is 131 Å². The van der Waals surface area contributed by atoms with Crippen LogP contribution in [-0.4, -0.2) is 40.2 Å². The third-order valence-corrected chi connectivity index (χ3v) is 4.52. The van der Waals surface area contributed by atoms with Crippen molar-refractivity contribution >= 4 is 11.8 Å². The Hall–Kier alpha value is -2.10. The number of benzene rings is 1. The summed E-state index contributed by atoms with van der Waals surface area (Å²) in [6, 6.07) is 9.13. The minimum atomic E-state index is -0.380. The van der Waals surface area contributed by atoms with Gasteiger partial charge in [-0.2, -0.15) is 0 Å². The fraction of sp³-hybridized carbons (Fsp3) is 0.444. The van der Waals surface area contributed by atoms with E-state index in [2.05, 4.69) is 6.58 Å². The lowest BCUT2D eigenvalue weighted by atomic mass is 9.95. The van der Waals surface area contributed by atoms with Gasteiger partial charge < -0.3 is 9.80 Å². The first-order valence-electron chi connectivity index (χ1n) is 7.80. The summed E-state index contributed by atoms with van der Waals surface area (Å²) in [5.74, 6) is 0.213. The third kappa shape index (κ3) is 2.43. The van der Waals surface area contributed by atoms with E-state index < -0.39 is 0 Å². The Bertz CT molecular complexity index is 609. The molecule has 1 aromatic carbocycles. The molecular weight excluding hydrogens is 276 g/mol. The number of carbonyl (C=O) groups is 2. The molecule has 0 aromatic heterocycles. The minimum absolute atomic E-state index is 0.0563. The summed E-state index contributed by atoms with van der Waals surface area (Å²) < 4.78 is 0. The molecule has 0 bridgehead atoms. The first kappa shape index (κ1) is 14.8. The van der Waals surface area contributed by atoms with Gasteiger partial charge in [-0.05, 0) is 17.9 Å². The summed E-state index contributed by atoms with van der Waals surface area (Å²) in [7, 11) is 0. The van der Waals surface area contributed by atoms with Crippen LogP contribution in [0.2, 0.25) is 0 Å². The molecular formula is C18H22N2O2. The number of hydrogen-bond acceptors (Lipinski definition) is 2. The second-order valence-electron chi connectivity index (χ2n) is 6.58. The van der Waals surface area contributed by atoms with Crippen LogP contribution in [0, 0.1) is 5.92 Å². The normalized spacial score (nSPS) is 25.1. The SMILES string of the molecule is C=C1C[C@@H]2C(=O)N(Cc3ccccc3)[C@@H](C(C)C)C(=O)N2C1. The number of nitrogens with zero attached hydrogens (tertiary/aromatic N) is 2. The predicted octanol–water partition coefficient (Wildman–Crippen LogP) is 2.21. The van der Waals surface area contributed by atoms with E-state index in [1.54, 1.807) is 9.80 Å². The van der Waals surface area contributed by atoms with Crippen LogP contribution >= 0.6 is 0 Å². The molecule has 4 nitrogen and oxygen atoms in total. The Morgan fingerprint density at radius 2 is 1.86 bits per heavy atom. The standard InChI is InChI=1S/C18H22N2O2/c1-12(2)16-18(22)19-10-13(3)9-15(19)17(21)20(16)11-14-7-5-4-6-8-14/h4-8,12,15-16H,3,9-11H2,1-2H3/t15-,16+/m1/s1. The number of carbonyl (C=O) groups excluding carboxylic acids is 2. The number of hydrogen-bond donors (Lipinski definition) is 0. The molecule has 0 saturated carbocycles. The van der Waals surface area contributed by atoms with Gasteiger partial charge in [-0.3, -0.25) is 9.59 Å². The number of rotatable bonds is 3. The van der Waals surface area contributed by atoms with E-state index in [0.717, 1.165) is 11.1 Å². The maximum atomic E-state index is 12.9. The van der Waals surface area contributed by atoms with Gasteiger partial charge in [0.25, 0.3) is 0 Å². The first-order chi connectivity index (χ1) is 10.5. The molecule has 0 radical (unpaired) electrons. The van der Waals surface area contributed by atoms with Gasteiger partial charge in [0.1, 0.15) is 12.1 Å². The van der Waals surface area contributed by atoms with Crippen molar-refractivity contribution in [3.8, 4) is 0 Å². The summed E-state index contributed by atoms with van der Waals surface area (Å²) in [4.78, 5) is 29.2. The van der Waals surface area contributed by atoms with Gasteiger partial charge in [-0.15, -0.1) is 0 Å². The summed E-state index contributed by atoms with van der Waals surface area (Å²) in [5.41, 5.74) is 2.02. The molecule has 2 saturated heterocycles. The highest BCUT2D eigenvalue weighted by atomic mass is 16.2. The number of fused-ring (bicyclic) bond motifs is 1. The van der Waals surface area contributed by atoms with Crippen LogP contribution in [-0.2, 0) is 16.1 Å². The Balaban J connectivity index is 1.93. The van der Waals surface area contributed by atoms with Crippen molar-refractivity contribution in [2.75, 3.05) is 6.54 Å². The van der Waals surface area contributed by atoms with Crippen LogP contribution in [0.25, 0.3) is 0 Å². The molecule has 0 aliphatic carbocycles. The van der Waals surface area contributed by atoms with Crippen molar-refractivity contribution < 1.29 is 9.59 Å². The predicted molar refractivity (Wildman–Crippen MR) is 84.9 cm³/mol. The highest BCUT2D eigenvalue weighted by molar-refractivity contribution is 5.98. The molecule has 3 rings (SSSR count). The molecule has 2 atom stereocenters.